The molecule has 0 atom stereocenters. The maximum absolute atomic E-state index is 13.5. The van der Waals surface area contributed by atoms with E-state index in [1.54, 1.807) is 26.0 Å². The number of ether oxygens (including phenoxy) is 1. The Morgan fingerprint density at radius 2 is 2.11 bits per heavy atom. The number of nitrogens with zero attached hydrogens (tertiary/aromatic N) is 1. The zero-order valence-corrected chi connectivity index (χ0v) is 10.3. The molecule has 0 N–H and O–H groups in total. The Hall–Kier alpha value is -2.17. The lowest BCUT2D eigenvalue weighted by atomic mass is 10.0. The van der Waals surface area contributed by atoms with Gasteiger partial charge < -0.3 is 9.26 Å². The fraction of sp³-hybridized carbons (Fsp3) is 0.231. The molecular weight excluding hydrogens is 237 g/mol. The second kappa shape index (κ2) is 4.60. The maximum atomic E-state index is 13.5. The van der Waals surface area contributed by atoms with Gasteiger partial charge in [-0.2, -0.15) is 0 Å². The van der Waals surface area contributed by atoms with E-state index in [4.69, 9.17) is 4.52 Å². The molecule has 0 amide bonds. The van der Waals surface area contributed by atoms with Crippen LogP contribution in [0.1, 0.15) is 21.7 Å². The van der Waals surface area contributed by atoms with E-state index in [2.05, 4.69) is 9.89 Å². The average Bonchev–Trinajstić information content (AvgIpc) is 2.73. The lowest BCUT2D eigenvalue weighted by Gasteiger charge is -2.05. The van der Waals surface area contributed by atoms with Gasteiger partial charge >= 0.3 is 5.97 Å². The molecule has 0 bridgehead atoms. The zero-order valence-electron chi connectivity index (χ0n) is 10.3. The van der Waals surface area contributed by atoms with Crippen LogP contribution in [-0.4, -0.2) is 18.2 Å². The summed E-state index contributed by atoms with van der Waals surface area (Å²) in [7, 11) is 1.27. The minimum absolute atomic E-state index is 0.228. The molecule has 4 nitrogen and oxygen atoms in total. The summed E-state index contributed by atoms with van der Waals surface area (Å²) in [6.07, 6.45) is 0. The number of methoxy groups -OCH3 is 1. The minimum Gasteiger partial charge on any atom is -0.465 e. The van der Waals surface area contributed by atoms with Crippen molar-refractivity contribution < 1.29 is 18.4 Å². The first-order chi connectivity index (χ1) is 8.56. The van der Waals surface area contributed by atoms with Crippen LogP contribution in [0.15, 0.2) is 22.7 Å². The molecule has 0 unspecified atom stereocenters. The topological polar surface area (TPSA) is 52.3 Å². The first-order valence-corrected chi connectivity index (χ1v) is 5.36. The van der Waals surface area contributed by atoms with Crippen molar-refractivity contribution in [2.24, 2.45) is 0 Å². The minimum atomic E-state index is -0.549. The Kier molecular flexibility index (Phi) is 3.14. The molecule has 0 spiro atoms. The summed E-state index contributed by atoms with van der Waals surface area (Å²) in [6.45, 7) is 3.23. The highest BCUT2D eigenvalue weighted by molar-refractivity contribution is 5.97. The highest BCUT2D eigenvalue weighted by atomic mass is 19.1. The Bertz CT molecular complexity index is 604. The van der Waals surface area contributed by atoms with Crippen LogP contribution in [0.2, 0.25) is 0 Å². The Labute approximate surface area is 103 Å². The van der Waals surface area contributed by atoms with Crippen molar-refractivity contribution in [3.63, 3.8) is 0 Å². The predicted octanol–water partition coefficient (Wildman–Crippen LogP) is 2.88. The number of halogens is 1. The first-order valence-electron chi connectivity index (χ1n) is 5.36. The first kappa shape index (κ1) is 12.3. The number of aromatic nitrogens is 1. The number of aryl methyl sites for hydroxylation is 1. The van der Waals surface area contributed by atoms with Gasteiger partial charge in [0.25, 0.3) is 0 Å². The van der Waals surface area contributed by atoms with Gasteiger partial charge in [-0.15, -0.1) is 0 Å². The summed E-state index contributed by atoms with van der Waals surface area (Å²) in [6, 6.07) is 4.59. The highest BCUT2D eigenvalue weighted by Crippen LogP contribution is 2.29. The average molecular weight is 249 g/mol. The molecule has 1 heterocycles. The fourth-order valence-corrected chi connectivity index (χ4v) is 1.76. The number of esters is 1. The number of rotatable bonds is 2. The summed E-state index contributed by atoms with van der Waals surface area (Å²) in [5, 5.41) is 3.81. The van der Waals surface area contributed by atoms with Crippen LogP contribution in [0.5, 0.6) is 0 Å². The SMILES string of the molecule is COC(=O)c1c(-c2cccc(F)c2C)noc1C. The molecular formula is C13H12FNO3. The molecule has 18 heavy (non-hydrogen) atoms. The molecule has 0 fully saturated rings. The summed E-state index contributed by atoms with van der Waals surface area (Å²) in [5.74, 6) is -0.558. The van der Waals surface area contributed by atoms with Gasteiger partial charge in [-0.1, -0.05) is 17.3 Å². The van der Waals surface area contributed by atoms with Crippen LogP contribution in [0.3, 0.4) is 0 Å². The van der Waals surface area contributed by atoms with Gasteiger partial charge in [0.2, 0.25) is 0 Å². The van der Waals surface area contributed by atoms with Crippen molar-refractivity contribution in [1.29, 1.82) is 0 Å². The number of carbonyl (C=O) groups excluding carboxylic acids is 1. The number of hydrogen-bond donors (Lipinski definition) is 0. The summed E-state index contributed by atoms with van der Waals surface area (Å²) < 4.78 is 23.2. The van der Waals surface area contributed by atoms with Gasteiger partial charge in [0, 0.05) is 5.56 Å². The van der Waals surface area contributed by atoms with E-state index in [1.165, 1.54) is 13.2 Å². The molecule has 2 rings (SSSR count). The maximum Gasteiger partial charge on any atom is 0.343 e. The number of benzene rings is 1. The van der Waals surface area contributed by atoms with Gasteiger partial charge in [-0.25, -0.2) is 9.18 Å². The third kappa shape index (κ3) is 1.88. The molecule has 0 saturated heterocycles. The second-order valence-corrected chi connectivity index (χ2v) is 3.87. The molecule has 1 aromatic carbocycles. The molecule has 0 aliphatic carbocycles. The van der Waals surface area contributed by atoms with E-state index >= 15 is 0 Å². The van der Waals surface area contributed by atoms with Crippen molar-refractivity contribution >= 4 is 5.97 Å². The quantitative estimate of drug-likeness (QED) is 0.768. The van der Waals surface area contributed by atoms with Crippen molar-refractivity contribution in [2.45, 2.75) is 13.8 Å². The van der Waals surface area contributed by atoms with Gasteiger partial charge in [0.15, 0.2) is 0 Å². The molecule has 1 aromatic heterocycles. The van der Waals surface area contributed by atoms with Crippen LogP contribution in [0, 0.1) is 19.7 Å². The van der Waals surface area contributed by atoms with Gasteiger partial charge in [-0.05, 0) is 25.5 Å². The Morgan fingerprint density at radius 1 is 1.39 bits per heavy atom. The van der Waals surface area contributed by atoms with Crippen molar-refractivity contribution in [2.75, 3.05) is 7.11 Å². The lowest BCUT2D eigenvalue weighted by Crippen LogP contribution is -2.04. The predicted molar refractivity (Wildman–Crippen MR) is 62.7 cm³/mol. The Balaban J connectivity index is 2.65. The van der Waals surface area contributed by atoms with Gasteiger partial charge in [-0.3, -0.25) is 0 Å². The smallest absolute Gasteiger partial charge is 0.343 e. The van der Waals surface area contributed by atoms with Crippen LogP contribution >= 0.6 is 0 Å². The lowest BCUT2D eigenvalue weighted by molar-refractivity contribution is 0.0599. The van der Waals surface area contributed by atoms with E-state index in [9.17, 15) is 9.18 Å². The molecule has 94 valence electrons. The summed E-state index contributed by atoms with van der Waals surface area (Å²) >= 11 is 0. The van der Waals surface area contributed by atoms with Crippen LogP contribution in [-0.2, 0) is 4.74 Å². The standard InChI is InChI=1S/C13H12FNO3/c1-7-9(5-4-6-10(7)14)12-11(13(16)17-3)8(2)18-15-12/h4-6H,1-3H3. The Morgan fingerprint density at radius 3 is 2.78 bits per heavy atom. The van der Waals surface area contributed by atoms with Gasteiger partial charge in [0.05, 0.1) is 7.11 Å². The van der Waals surface area contributed by atoms with Gasteiger partial charge in [0.1, 0.15) is 22.8 Å². The third-order valence-electron chi connectivity index (χ3n) is 2.78. The van der Waals surface area contributed by atoms with E-state index in [0.717, 1.165) is 0 Å². The molecule has 0 radical (unpaired) electrons. The third-order valence-corrected chi connectivity index (χ3v) is 2.78. The molecule has 5 heteroatoms. The van der Waals surface area contributed by atoms with Crippen LogP contribution < -0.4 is 0 Å². The second-order valence-electron chi connectivity index (χ2n) is 3.87. The van der Waals surface area contributed by atoms with E-state index < -0.39 is 5.97 Å². The van der Waals surface area contributed by atoms with E-state index in [0.29, 0.717) is 22.6 Å². The molecule has 0 saturated carbocycles. The van der Waals surface area contributed by atoms with Crippen molar-refractivity contribution in [1.82, 2.24) is 5.16 Å². The molecule has 0 aliphatic rings. The number of hydrogen-bond acceptors (Lipinski definition) is 4. The fourth-order valence-electron chi connectivity index (χ4n) is 1.76. The van der Waals surface area contributed by atoms with E-state index in [1.807, 2.05) is 0 Å². The van der Waals surface area contributed by atoms with Crippen molar-refractivity contribution in [3.05, 3.63) is 40.9 Å². The zero-order chi connectivity index (χ0) is 13.3. The molecule has 0 aliphatic heterocycles. The summed E-state index contributed by atoms with van der Waals surface area (Å²) in [5.41, 5.74) is 1.46. The number of carbonyl (C=O) groups is 1. The monoisotopic (exact) mass is 249 g/mol. The largest absolute Gasteiger partial charge is 0.465 e. The summed E-state index contributed by atoms with van der Waals surface area (Å²) in [4.78, 5) is 11.7. The highest BCUT2D eigenvalue weighted by Gasteiger charge is 2.23. The van der Waals surface area contributed by atoms with Crippen LogP contribution in [0.25, 0.3) is 11.3 Å². The molecule has 2 aromatic rings. The van der Waals surface area contributed by atoms with Crippen molar-refractivity contribution in [3.8, 4) is 11.3 Å². The normalized spacial score (nSPS) is 10.4. The van der Waals surface area contributed by atoms with E-state index in [-0.39, 0.29) is 11.4 Å². The van der Waals surface area contributed by atoms with Crippen LogP contribution in [0.4, 0.5) is 4.39 Å².